The summed E-state index contributed by atoms with van der Waals surface area (Å²) in [5.74, 6) is 1.26. The first-order valence-corrected chi connectivity index (χ1v) is 8.16. The van der Waals surface area contributed by atoms with Crippen LogP contribution in [0, 0.1) is 0 Å². The molecule has 1 amide bonds. The van der Waals surface area contributed by atoms with E-state index in [2.05, 4.69) is 9.97 Å². The van der Waals surface area contributed by atoms with E-state index >= 15 is 0 Å². The fraction of sp³-hybridized carbons (Fsp3) is 0.389. The average Bonchev–Trinajstić information content (AvgIpc) is 2.68. The van der Waals surface area contributed by atoms with Crippen LogP contribution >= 0.6 is 0 Å². The largest absolute Gasteiger partial charge is 0.497 e. The molecular weight excluding hydrogens is 322 g/mol. The first-order chi connectivity index (χ1) is 12.2. The zero-order valence-corrected chi connectivity index (χ0v) is 14.3. The predicted octanol–water partition coefficient (Wildman–Crippen LogP) is 2.18. The lowest BCUT2D eigenvalue weighted by Crippen LogP contribution is -2.41. The van der Waals surface area contributed by atoms with E-state index in [0.717, 1.165) is 18.6 Å². The molecule has 132 valence electrons. The average molecular weight is 343 g/mol. The second-order valence-corrected chi connectivity index (χ2v) is 5.72. The highest BCUT2D eigenvalue weighted by atomic mass is 16.5. The van der Waals surface area contributed by atoms with Crippen molar-refractivity contribution in [3.63, 3.8) is 0 Å². The topological polar surface area (TPSA) is 73.8 Å². The molecule has 0 aliphatic carbocycles. The number of carbonyl (C=O) groups is 1. The fourth-order valence-electron chi connectivity index (χ4n) is 2.75. The quantitative estimate of drug-likeness (QED) is 0.828. The first kappa shape index (κ1) is 17.0. The van der Waals surface area contributed by atoms with Crippen molar-refractivity contribution in [1.82, 2.24) is 14.9 Å². The van der Waals surface area contributed by atoms with Gasteiger partial charge < -0.3 is 19.1 Å². The minimum absolute atomic E-state index is 0.0273. The summed E-state index contributed by atoms with van der Waals surface area (Å²) in [6, 6.07) is 9.16. The Morgan fingerprint density at radius 2 is 1.80 bits per heavy atom. The zero-order valence-electron chi connectivity index (χ0n) is 14.3. The van der Waals surface area contributed by atoms with Gasteiger partial charge in [0.2, 0.25) is 5.88 Å². The molecule has 1 fully saturated rings. The van der Waals surface area contributed by atoms with Crippen molar-refractivity contribution in [2.45, 2.75) is 18.9 Å². The van der Waals surface area contributed by atoms with Crippen LogP contribution in [0.3, 0.4) is 0 Å². The monoisotopic (exact) mass is 343 g/mol. The first-order valence-electron chi connectivity index (χ1n) is 8.16. The number of methoxy groups -OCH3 is 2. The van der Waals surface area contributed by atoms with Gasteiger partial charge in [0.05, 0.1) is 14.2 Å². The molecule has 1 aromatic heterocycles. The summed E-state index contributed by atoms with van der Waals surface area (Å²) in [7, 11) is 3.12. The van der Waals surface area contributed by atoms with E-state index in [1.165, 1.54) is 7.11 Å². The third kappa shape index (κ3) is 4.17. The number of nitrogens with zero attached hydrogens (tertiary/aromatic N) is 3. The zero-order chi connectivity index (χ0) is 17.6. The molecule has 3 rings (SSSR count). The van der Waals surface area contributed by atoms with Gasteiger partial charge in [0.25, 0.3) is 5.91 Å². The van der Waals surface area contributed by atoms with E-state index < -0.39 is 0 Å². The van der Waals surface area contributed by atoms with Crippen molar-refractivity contribution < 1.29 is 19.0 Å². The molecule has 0 unspecified atom stereocenters. The van der Waals surface area contributed by atoms with Gasteiger partial charge in [-0.25, -0.2) is 4.98 Å². The van der Waals surface area contributed by atoms with Crippen LogP contribution in [0.4, 0.5) is 0 Å². The highest BCUT2D eigenvalue weighted by Crippen LogP contribution is 2.20. The lowest BCUT2D eigenvalue weighted by molar-refractivity contribution is 0.0586. The van der Waals surface area contributed by atoms with E-state index in [1.807, 2.05) is 4.90 Å². The van der Waals surface area contributed by atoms with Crippen LogP contribution in [0.5, 0.6) is 17.6 Å². The Bertz CT molecular complexity index is 713. The number of hydrogen-bond acceptors (Lipinski definition) is 6. The second-order valence-electron chi connectivity index (χ2n) is 5.72. The standard InChI is InChI=1S/C18H21N3O4/c1-23-14-5-3-13(4-6-14)17(22)21-11-8-15(9-12-21)25-16-7-10-19-18(20-16)24-2/h3-7,10,15H,8-9,11-12H2,1-2H3. The van der Waals surface area contributed by atoms with E-state index in [-0.39, 0.29) is 18.0 Å². The number of amides is 1. The summed E-state index contributed by atoms with van der Waals surface area (Å²) in [5, 5.41) is 0. The third-order valence-corrected chi connectivity index (χ3v) is 4.14. The lowest BCUT2D eigenvalue weighted by atomic mass is 10.1. The molecule has 7 heteroatoms. The Morgan fingerprint density at radius 1 is 1.08 bits per heavy atom. The number of likely N-dealkylation sites (tertiary alicyclic amines) is 1. The van der Waals surface area contributed by atoms with Crippen LogP contribution in [0.1, 0.15) is 23.2 Å². The second kappa shape index (κ2) is 7.83. The van der Waals surface area contributed by atoms with E-state index in [9.17, 15) is 4.79 Å². The van der Waals surface area contributed by atoms with Gasteiger partial charge in [0.1, 0.15) is 11.9 Å². The van der Waals surface area contributed by atoms with Crippen molar-refractivity contribution in [3.8, 4) is 17.6 Å². The SMILES string of the molecule is COc1ccc(C(=O)N2CCC(Oc3ccnc(OC)n3)CC2)cc1. The van der Waals surface area contributed by atoms with Gasteiger partial charge in [0.15, 0.2) is 0 Å². The third-order valence-electron chi connectivity index (χ3n) is 4.14. The van der Waals surface area contributed by atoms with Gasteiger partial charge in [-0.3, -0.25) is 4.79 Å². The van der Waals surface area contributed by atoms with Gasteiger partial charge in [0, 0.05) is 43.8 Å². The van der Waals surface area contributed by atoms with E-state index in [4.69, 9.17) is 14.2 Å². The van der Waals surface area contributed by atoms with Crippen molar-refractivity contribution in [2.75, 3.05) is 27.3 Å². The Morgan fingerprint density at radius 3 is 2.44 bits per heavy atom. The number of rotatable bonds is 5. The maximum Gasteiger partial charge on any atom is 0.319 e. The highest BCUT2D eigenvalue weighted by molar-refractivity contribution is 5.94. The van der Waals surface area contributed by atoms with Gasteiger partial charge in [-0.15, -0.1) is 0 Å². The smallest absolute Gasteiger partial charge is 0.319 e. The number of piperidine rings is 1. The van der Waals surface area contributed by atoms with Crippen molar-refractivity contribution in [2.24, 2.45) is 0 Å². The normalized spacial score (nSPS) is 14.9. The maximum atomic E-state index is 12.6. The minimum atomic E-state index is 0.0273. The van der Waals surface area contributed by atoms with Crippen molar-refractivity contribution in [3.05, 3.63) is 42.1 Å². The Hall–Kier alpha value is -2.83. The van der Waals surface area contributed by atoms with Crippen LogP contribution in [0.15, 0.2) is 36.5 Å². The molecule has 0 atom stereocenters. The molecule has 1 aliphatic rings. The molecule has 2 heterocycles. The summed E-state index contributed by atoms with van der Waals surface area (Å²) < 4.78 is 16.0. The fourth-order valence-corrected chi connectivity index (χ4v) is 2.75. The number of benzene rings is 1. The Labute approximate surface area is 146 Å². The van der Waals surface area contributed by atoms with Crippen molar-refractivity contribution >= 4 is 5.91 Å². The minimum Gasteiger partial charge on any atom is -0.497 e. The molecule has 1 saturated heterocycles. The van der Waals surface area contributed by atoms with Crippen LogP contribution in [0.2, 0.25) is 0 Å². The van der Waals surface area contributed by atoms with E-state index in [0.29, 0.717) is 24.5 Å². The van der Waals surface area contributed by atoms with Crippen LogP contribution in [-0.2, 0) is 0 Å². The lowest BCUT2D eigenvalue weighted by Gasteiger charge is -2.32. The number of ether oxygens (including phenoxy) is 3. The number of carbonyl (C=O) groups excluding carboxylic acids is 1. The molecule has 0 saturated carbocycles. The summed E-state index contributed by atoms with van der Waals surface area (Å²) in [4.78, 5) is 22.5. The molecule has 0 bridgehead atoms. The molecule has 7 nitrogen and oxygen atoms in total. The van der Waals surface area contributed by atoms with Crippen LogP contribution in [0.25, 0.3) is 0 Å². The van der Waals surface area contributed by atoms with Gasteiger partial charge in [-0.1, -0.05) is 0 Å². The molecule has 2 aromatic rings. The van der Waals surface area contributed by atoms with Crippen LogP contribution in [-0.4, -0.2) is 54.2 Å². The van der Waals surface area contributed by atoms with Gasteiger partial charge in [-0.05, 0) is 24.3 Å². The number of hydrogen-bond donors (Lipinski definition) is 0. The molecule has 1 aliphatic heterocycles. The summed E-state index contributed by atoms with van der Waals surface area (Å²) in [6.45, 7) is 1.30. The van der Waals surface area contributed by atoms with Crippen molar-refractivity contribution in [1.29, 1.82) is 0 Å². The number of aromatic nitrogens is 2. The maximum absolute atomic E-state index is 12.6. The molecule has 0 spiro atoms. The summed E-state index contributed by atoms with van der Waals surface area (Å²) in [5.41, 5.74) is 0.667. The Kier molecular flexibility index (Phi) is 5.33. The highest BCUT2D eigenvalue weighted by Gasteiger charge is 2.25. The summed E-state index contributed by atoms with van der Waals surface area (Å²) in [6.07, 6.45) is 3.14. The molecule has 0 N–H and O–H groups in total. The molecule has 25 heavy (non-hydrogen) atoms. The molecular formula is C18H21N3O4. The summed E-state index contributed by atoms with van der Waals surface area (Å²) >= 11 is 0. The predicted molar refractivity (Wildman–Crippen MR) is 91.1 cm³/mol. The molecule has 1 aromatic carbocycles. The van der Waals surface area contributed by atoms with Gasteiger partial charge >= 0.3 is 6.01 Å². The molecule has 0 radical (unpaired) electrons. The Balaban J connectivity index is 1.54. The van der Waals surface area contributed by atoms with Gasteiger partial charge in [-0.2, -0.15) is 4.98 Å². The van der Waals surface area contributed by atoms with E-state index in [1.54, 1.807) is 43.6 Å². The van der Waals surface area contributed by atoms with Crippen LogP contribution < -0.4 is 14.2 Å².